The first-order valence-corrected chi connectivity index (χ1v) is 7.37. The molecule has 0 aliphatic heterocycles. The van der Waals surface area contributed by atoms with Crippen LogP contribution in [0.5, 0.6) is 0 Å². The predicted octanol–water partition coefficient (Wildman–Crippen LogP) is 3.54. The molecule has 0 saturated carbocycles. The van der Waals surface area contributed by atoms with Crippen molar-refractivity contribution >= 4 is 11.8 Å². The molecule has 2 atom stereocenters. The summed E-state index contributed by atoms with van der Waals surface area (Å²) >= 11 is 1.96. The van der Waals surface area contributed by atoms with Gasteiger partial charge in [-0.25, -0.2) is 0 Å². The zero-order valence-electron chi connectivity index (χ0n) is 10.3. The van der Waals surface area contributed by atoms with Crippen LogP contribution in [0.3, 0.4) is 0 Å². The highest BCUT2D eigenvalue weighted by Gasteiger charge is 2.13. The third kappa shape index (κ3) is 6.72. The van der Waals surface area contributed by atoms with Gasteiger partial charge in [-0.2, -0.15) is 11.8 Å². The molecule has 2 unspecified atom stereocenters. The van der Waals surface area contributed by atoms with Gasteiger partial charge in [0.25, 0.3) is 0 Å². The van der Waals surface area contributed by atoms with Crippen molar-refractivity contribution in [1.82, 2.24) is 5.32 Å². The Labute approximate surface area is 94.4 Å². The van der Waals surface area contributed by atoms with Gasteiger partial charge in [-0.1, -0.05) is 20.8 Å². The number of rotatable bonds is 9. The second kappa shape index (κ2) is 9.85. The van der Waals surface area contributed by atoms with Crippen molar-refractivity contribution in [1.29, 1.82) is 0 Å². The van der Waals surface area contributed by atoms with Crippen LogP contribution < -0.4 is 5.32 Å². The van der Waals surface area contributed by atoms with Gasteiger partial charge in [-0.05, 0) is 50.2 Å². The fourth-order valence-electron chi connectivity index (χ4n) is 1.83. The van der Waals surface area contributed by atoms with Crippen LogP contribution in [0.4, 0.5) is 0 Å². The van der Waals surface area contributed by atoms with E-state index in [9.17, 15) is 0 Å². The molecule has 0 radical (unpaired) electrons. The SMILES string of the molecule is CCCNC(CC)C(C)CCCSC. The van der Waals surface area contributed by atoms with Gasteiger partial charge in [0, 0.05) is 6.04 Å². The number of nitrogens with one attached hydrogen (secondary N) is 1. The van der Waals surface area contributed by atoms with E-state index < -0.39 is 0 Å². The Kier molecular flexibility index (Phi) is 10.1. The molecule has 0 aliphatic rings. The zero-order valence-corrected chi connectivity index (χ0v) is 11.1. The molecule has 0 aliphatic carbocycles. The molecule has 86 valence electrons. The number of hydrogen-bond donors (Lipinski definition) is 1. The second-order valence-electron chi connectivity index (χ2n) is 4.08. The summed E-state index contributed by atoms with van der Waals surface area (Å²) in [4.78, 5) is 0. The first-order chi connectivity index (χ1) is 6.76. The molecule has 2 heteroatoms. The van der Waals surface area contributed by atoms with Crippen molar-refractivity contribution in [3.05, 3.63) is 0 Å². The Morgan fingerprint density at radius 2 is 2.00 bits per heavy atom. The van der Waals surface area contributed by atoms with E-state index >= 15 is 0 Å². The maximum absolute atomic E-state index is 3.64. The van der Waals surface area contributed by atoms with Crippen molar-refractivity contribution in [2.75, 3.05) is 18.6 Å². The van der Waals surface area contributed by atoms with E-state index in [-0.39, 0.29) is 0 Å². The van der Waals surface area contributed by atoms with E-state index in [0.29, 0.717) is 0 Å². The highest BCUT2D eigenvalue weighted by atomic mass is 32.2. The van der Waals surface area contributed by atoms with E-state index in [1.807, 2.05) is 11.8 Å². The minimum absolute atomic E-state index is 0.733. The van der Waals surface area contributed by atoms with E-state index in [1.165, 1.54) is 38.0 Å². The molecule has 0 amide bonds. The van der Waals surface area contributed by atoms with Crippen molar-refractivity contribution in [3.63, 3.8) is 0 Å². The van der Waals surface area contributed by atoms with Crippen LogP contribution in [0, 0.1) is 5.92 Å². The van der Waals surface area contributed by atoms with E-state index in [4.69, 9.17) is 0 Å². The first-order valence-electron chi connectivity index (χ1n) is 5.98. The average Bonchev–Trinajstić information content (AvgIpc) is 2.19. The number of thioether (sulfide) groups is 1. The normalized spacial score (nSPS) is 15.4. The summed E-state index contributed by atoms with van der Waals surface area (Å²) in [7, 11) is 0. The molecule has 0 fully saturated rings. The summed E-state index contributed by atoms with van der Waals surface area (Å²) < 4.78 is 0. The molecule has 14 heavy (non-hydrogen) atoms. The van der Waals surface area contributed by atoms with Gasteiger partial charge in [-0.3, -0.25) is 0 Å². The van der Waals surface area contributed by atoms with Gasteiger partial charge >= 0.3 is 0 Å². The maximum atomic E-state index is 3.64. The monoisotopic (exact) mass is 217 g/mol. The molecule has 0 saturated heterocycles. The van der Waals surface area contributed by atoms with Crippen molar-refractivity contribution in [2.24, 2.45) is 5.92 Å². The lowest BCUT2D eigenvalue weighted by Gasteiger charge is -2.23. The largest absolute Gasteiger partial charge is 0.314 e. The minimum atomic E-state index is 0.733. The smallest absolute Gasteiger partial charge is 0.00900 e. The summed E-state index contributed by atoms with van der Waals surface area (Å²) in [6.07, 6.45) is 7.44. The Balaban J connectivity index is 3.61. The first kappa shape index (κ1) is 14.3. The standard InChI is InChI=1S/C12H27NS/c1-5-9-13-12(6-2)11(3)8-7-10-14-4/h11-13H,5-10H2,1-4H3. The molecule has 0 aromatic heterocycles. The van der Waals surface area contributed by atoms with Crippen LogP contribution in [0.2, 0.25) is 0 Å². The van der Waals surface area contributed by atoms with Crippen molar-refractivity contribution in [3.8, 4) is 0 Å². The summed E-state index contributed by atoms with van der Waals surface area (Å²) in [6, 6.07) is 0.733. The van der Waals surface area contributed by atoms with Crippen LogP contribution in [0.15, 0.2) is 0 Å². The summed E-state index contributed by atoms with van der Waals surface area (Å²) in [5.41, 5.74) is 0. The maximum Gasteiger partial charge on any atom is 0.00900 e. The topological polar surface area (TPSA) is 12.0 Å². The van der Waals surface area contributed by atoms with E-state index in [2.05, 4.69) is 32.3 Å². The summed E-state index contributed by atoms with van der Waals surface area (Å²) in [6.45, 7) is 8.08. The number of hydrogen-bond acceptors (Lipinski definition) is 2. The van der Waals surface area contributed by atoms with Crippen LogP contribution in [-0.2, 0) is 0 Å². The molecule has 1 N–H and O–H groups in total. The fourth-order valence-corrected chi connectivity index (χ4v) is 2.28. The van der Waals surface area contributed by atoms with Gasteiger partial charge in [-0.15, -0.1) is 0 Å². The van der Waals surface area contributed by atoms with Crippen molar-refractivity contribution in [2.45, 2.75) is 52.5 Å². The molecule has 0 bridgehead atoms. The highest BCUT2D eigenvalue weighted by Crippen LogP contribution is 2.15. The highest BCUT2D eigenvalue weighted by molar-refractivity contribution is 7.98. The van der Waals surface area contributed by atoms with Gasteiger partial charge in [0.1, 0.15) is 0 Å². The van der Waals surface area contributed by atoms with E-state index in [0.717, 1.165) is 12.0 Å². The summed E-state index contributed by atoms with van der Waals surface area (Å²) in [5.74, 6) is 2.15. The van der Waals surface area contributed by atoms with Crippen LogP contribution in [-0.4, -0.2) is 24.6 Å². The third-order valence-corrected chi connectivity index (χ3v) is 3.49. The van der Waals surface area contributed by atoms with Gasteiger partial charge < -0.3 is 5.32 Å². The molecular formula is C12H27NS. The quantitative estimate of drug-likeness (QED) is 0.593. The molecule has 0 heterocycles. The van der Waals surface area contributed by atoms with Gasteiger partial charge in [0.05, 0.1) is 0 Å². The molecule has 0 aromatic rings. The third-order valence-electron chi connectivity index (χ3n) is 2.79. The van der Waals surface area contributed by atoms with Gasteiger partial charge in [0.2, 0.25) is 0 Å². The molecule has 0 spiro atoms. The lowest BCUT2D eigenvalue weighted by Crippen LogP contribution is -2.34. The molecule has 0 rings (SSSR count). The second-order valence-corrected chi connectivity index (χ2v) is 5.07. The Bertz CT molecular complexity index is 117. The zero-order chi connectivity index (χ0) is 10.8. The predicted molar refractivity (Wildman–Crippen MR) is 69.2 cm³/mol. The Morgan fingerprint density at radius 3 is 2.50 bits per heavy atom. The van der Waals surface area contributed by atoms with E-state index in [1.54, 1.807) is 0 Å². The minimum Gasteiger partial charge on any atom is -0.314 e. The molecule has 1 nitrogen and oxygen atoms in total. The Morgan fingerprint density at radius 1 is 1.29 bits per heavy atom. The summed E-state index contributed by atoms with van der Waals surface area (Å²) in [5, 5.41) is 3.64. The Hall–Kier alpha value is 0.310. The lowest BCUT2D eigenvalue weighted by molar-refractivity contribution is 0.347. The molecular weight excluding hydrogens is 190 g/mol. The van der Waals surface area contributed by atoms with Crippen molar-refractivity contribution < 1.29 is 0 Å². The lowest BCUT2D eigenvalue weighted by atomic mass is 9.95. The van der Waals surface area contributed by atoms with Crippen LogP contribution in [0.1, 0.15) is 46.5 Å². The van der Waals surface area contributed by atoms with Gasteiger partial charge in [0.15, 0.2) is 0 Å². The van der Waals surface area contributed by atoms with Crippen LogP contribution in [0.25, 0.3) is 0 Å². The fraction of sp³-hybridized carbons (Fsp3) is 1.00. The van der Waals surface area contributed by atoms with Crippen LogP contribution >= 0.6 is 11.8 Å². The molecule has 0 aromatic carbocycles. The average molecular weight is 217 g/mol.